The van der Waals surface area contributed by atoms with Gasteiger partial charge in [-0.2, -0.15) is 0 Å². The first kappa shape index (κ1) is 37.9. The van der Waals surface area contributed by atoms with Crippen LogP contribution in [-0.4, -0.2) is 27.2 Å². The number of hydrogen-bond acceptors (Lipinski definition) is 3. The topological polar surface area (TPSA) is 38.9 Å². The molecule has 0 spiro atoms. The van der Waals surface area contributed by atoms with E-state index in [1.54, 1.807) is 0 Å². The first-order chi connectivity index (χ1) is 31.4. The van der Waals surface area contributed by atoms with Crippen molar-refractivity contribution in [2.45, 2.75) is 19.3 Å². The molecule has 3 aromatic heterocycles. The SMILES string of the molecule is Cn1c(-c2cccc([Si](c3ccccc3)(c3ccccc3)c3ccc4c5cc6c(cc5n(-c5ccccn5)c4c3)C(C)(C)c3ccccc3N6c3ccccc3)c2)nc2ccccc21. The highest BCUT2D eigenvalue weighted by Crippen LogP contribution is 2.53. The number of nitrogens with zero attached hydrogens (tertiary/aromatic N) is 5. The van der Waals surface area contributed by atoms with E-state index in [9.17, 15) is 0 Å². The number of benzene rings is 8. The lowest BCUT2D eigenvalue weighted by atomic mass is 9.73. The van der Waals surface area contributed by atoms with Crippen molar-refractivity contribution < 1.29 is 0 Å². The van der Waals surface area contributed by atoms with Crippen molar-refractivity contribution in [3.63, 3.8) is 0 Å². The Kier molecular flexibility index (Phi) is 8.68. The molecule has 4 heterocycles. The molecule has 0 bridgehead atoms. The van der Waals surface area contributed by atoms with Crippen molar-refractivity contribution >= 4 is 78.7 Å². The van der Waals surface area contributed by atoms with Gasteiger partial charge in [-0.3, -0.25) is 4.57 Å². The Hall–Kier alpha value is -7.80. The van der Waals surface area contributed by atoms with Crippen LogP contribution in [0.15, 0.2) is 219 Å². The molecule has 12 rings (SSSR count). The van der Waals surface area contributed by atoms with Crippen molar-refractivity contribution in [3.05, 3.63) is 230 Å². The second kappa shape index (κ2) is 14.7. The highest BCUT2D eigenvalue weighted by molar-refractivity contribution is 7.20. The molecular formula is C58H45N5Si. The molecule has 0 unspecified atom stereocenters. The number of pyridine rings is 1. The zero-order chi connectivity index (χ0) is 43.0. The first-order valence-corrected chi connectivity index (χ1v) is 24.1. The molecule has 11 aromatic rings. The maximum absolute atomic E-state index is 5.18. The van der Waals surface area contributed by atoms with Crippen molar-refractivity contribution in [1.29, 1.82) is 0 Å². The summed E-state index contributed by atoms with van der Waals surface area (Å²) < 4.78 is 4.63. The Morgan fingerprint density at radius 1 is 0.469 bits per heavy atom. The summed E-state index contributed by atoms with van der Waals surface area (Å²) in [4.78, 5) is 12.7. The molecule has 0 radical (unpaired) electrons. The molecular weight excluding hydrogens is 795 g/mol. The monoisotopic (exact) mass is 839 g/mol. The number of anilines is 3. The fourth-order valence-electron chi connectivity index (χ4n) is 10.7. The highest BCUT2D eigenvalue weighted by Gasteiger charge is 2.43. The third-order valence-corrected chi connectivity index (χ3v) is 18.4. The quantitative estimate of drug-likeness (QED) is 0.119. The van der Waals surface area contributed by atoms with Gasteiger partial charge in [0, 0.05) is 40.7 Å². The maximum Gasteiger partial charge on any atom is 0.179 e. The summed E-state index contributed by atoms with van der Waals surface area (Å²) in [5.41, 5.74) is 11.3. The van der Waals surface area contributed by atoms with E-state index in [0.29, 0.717) is 0 Å². The van der Waals surface area contributed by atoms with Gasteiger partial charge >= 0.3 is 0 Å². The molecule has 0 aliphatic carbocycles. The van der Waals surface area contributed by atoms with Crippen LogP contribution in [0.2, 0.25) is 0 Å². The summed E-state index contributed by atoms with van der Waals surface area (Å²) in [6.07, 6.45) is 1.91. The van der Waals surface area contributed by atoms with E-state index in [1.807, 2.05) is 12.3 Å². The third kappa shape index (κ3) is 5.62. The van der Waals surface area contributed by atoms with E-state index < -0.39 is 8.07 Å². The second-order valence-electron chi connectivity index (χ2n) is 17.5. The number of para-hydroxylation sites is 4. The number of fused-ring (bicyclic) bond motifs is 6. The molecule has 0 atom stereocenters. The van der Waals surface area contributed by atoms with Crippen LogP contribution >= 0.6 is 0 Å². The summed E-state index contributed by atoms with van der Waals surface area (Å²) in [5, 5.41) is 7.60. The lowest BCUT2D eigenvalue weighted by Gasteiger charge is -2.42. The predicted molar refractivity (Wildman–Crippen MR) is 269 cm³/mol. The standard InChI is InChI=1S/C58H45N5Si/c1-58(2)48-28-13-15-30-51(48)62(41-21-7-4-8-22-41)55-38-47-46-34-33-45(37-53(46)63(54(47)39-49(55)58)56-32-17-18-35-59-56)64(42-23-9-5-10-24-42,43-25-11-6-12-26-43)44-27-19-20-40(36-44)57-60-50-29-14-16-31-52(50)61(57)3/h4-39H,1-3H3. The Morgan fingerprint density at radius 3 is 1.84 bits per heavy atom. The normalized spacial score (nSPS) is 13.3. The molecule has 64 heavy (non-hydrogen) atoms. The van der Waals surface area contributed by atoms with E-state index in [1.165, 1.54) is 54.0 Å². The summed E-state index contributed by atoms with van der Waals surface area (Å²) >= 11 is 0. The highest BCUT2D eigenvalue weighted by atomic mass is 28.3. The molecule has 306 valence electrons. The number of imidazole rings is 1. The number of rotatable bonds is 7. The Labute approximate surface area is 374 Å². The van der Waals surface area contributed by atoms with Gasteiger partial charge in [-0.1, -0.05) is 166 Å². The molecule has 0 amide bonds. The van der Waals surface area contributed by atoms with Crippen molar-refractivity contribution in [1.82, 2.24) is 19.1 Å². The van der Waals surface area contributed by atoms with Crippen LogP contribution in [0.25, 0.3) is 50.0 Å². The first-order valence-electron chi connectivity index (χ1n) is 22.1. The van der Waals surface area contributed by atoms with E-state index >= 15 is 0 Å². The molecule has 1 aliphatic rings. The van der Waals surface area contributed by atoms with E-state index in [0.717, 1.165) is 45.0 Å². The second-order valence-corrected chi connectivity index (χ2v) is 21.3. The molecule has 0 saturated heterocycles. The lowest BCUT2D eigenvalue weighted by Crippen LogP contribution is -2.74. The molecule has 1 aliphatic heterocycles. The van der Waals surface area contributed by atoms with Crippen molar-refractivity contribution in [3.8, 4) is 17.2 Å². The van der Waals surface area contributed by atoms with Crippen molar-refractivity contribution in [2.75, 3.05) is 4.90 Å². The van der Waals surface area contributed by atoms with Gasteiger partial charge in [0.05, 0.1) is 33.4 Å². The molecule has 5 nitrogen and oxygen atoms in total. The van der Waals surface area contributed by atoms with Gasteiger partial charge in [-0.25, -0.2) is 9.97 Å². The summed E-state index contributed by atoms with van der Waals surface area (Å²) in [7, 11) is -0.914. The minimum Gasteiger partial charge on any atom is -0.327 e. The third-order valence-electron chi connectivity index (χ3n) is 13.7. The van der Waals surface area contributed by atoms with Crippen LogP contribution in [0, 0.1) is 0 Å². The van der Waals surface area contributed by atoms with Gasteiger partial charge in [0.25, 0.3) is 0 Å². The zero-order valence-corrected chi connectivity index (χ0v) is 37.0. The van der Waals surface area contributed by atoms with Crippen LogP contribution in [0.5, 0.6) is 0 Å². The van der Waals surface area contributed by atoms with Gasteiger partial charge in [0.1, 0.15) is 11.6 Å². The smallest absolute Gasteiger partial charge is 0.179 e. The average Bonchev–Trinajstić information content (AvgIpc) is 3.86. The molecule has 0 fully saturated rings. The van der Waals surface area contributed by atoms with Gasteiger partial charge in [0.15, 0.2) is 8.07 Å². The Bertz CT molecular complexity index is 3500. The summed E-state index contributed by atoms with van der Waals surface area (Å²) in [5.74, 6) is 1.85. The molecule has 8 aromatic carbocycles. The van der Waals surface area contributed by atoms with Gasteiger partial charge in [0.2, 0.25) is 0 Å². The predicted octanol–water partition coefficient (Wildman–Crippen LogP) is 11.2. The Balaban J connectivity index is 1.17. The fraction of sp³-hybridized carbons (Fsp3) is 0.0690. The van der Waals surface area contributed by atoms with Gasteiger partial charge < -0.3 is 9.47 Å². The van der Waals surface area contributed by atoms with Crippen molar-refractivity contribution in [2.24, 2.45) is 7.05 Å². The van der Waals surface area contributed by atoms with Gasteiger partial charge in [-0.15, -0.1) is 0 Å². The molecule has 0 N–H and O–H groups in total. The largest absolute Gasteiger partial charge is 0.327 e. The fourth-order valence-corrected chi connectivity index (χ4v) is 15.5. The average molecular weight is 840 g/mol. The lowest BCUT2D eigenvalue weighted by molar-refractivity contribution is 0.632. The van der Waals surface area contributed by atoms with Crippen LogP contribution in [-0.2, 0) is 12.5 Å². The zero-order valence-electron chi connectivity index (χ0n) is 36.0. The van der Waals surface area contributed by atoms with Crippen LogP contribution < -0.4 is 25.6 Å². The number of aromatic nitrogens is 4. The van der Waals surface area contributed by atoms with Crippen LogP contribution in [0.4, 0.5) is 17.1 Å². The Morgan fingerprint density at radius 2 is 1.11 bits per heavy atom. The summed E-state index contributed by atoms with van der Waals surface area (Å²) in [6.45, 7) is 4.73. The number of aryl methyl sites for hydroxylation is 1. The minimum absolute atomic E-state index is 0.269. The maximum atomic E-state index is 5.18. The number of hydrogen-bond donors (Lipinski definition) is 0. The van der Waals surface area contributed by atoms with Crippen LogP contribution in [0.3, 0.4) is 0 Å². The summed E-state index contributed by atoms with van der Waals surface area (Å²) in [6, 6.07) is 78.1. The molecule has 6 heteroatoms. The van der Waals surface area contributed by atoms with Gasteiger partial charge in [-0.05, 0) is 92.5 Å². The van der Waals surface area contributed by atoms with E-state index in [-0.39, 0.29) is 5.41 Å². The van der Waals surface area contributed by atoms with E-state index in [2.05, 4.69) is 241 Å². The minimum atomic E-state index is -3.04. The van der Waals surface area contributed by atoms with Crippen LogP contribution in [0.1, 0.15) is 25.0 Å². The molecule has 0 saturated carbocycles. The van der Waals surface area contributed by atoms with E-state index in [4.69, 9.17) is 9.97 Å².